The molecule has 0 bridgehead atoms. The molecule has 1 rings (SSSR count). The normalized spacial score (nSPS) is 15.7. The van der Waals surface area contributed by atoms with E-state index in [1.165, 1.54) is 0 Å². The van der Waals surface area contributed by atoms with Gasteiger partial charge in [-0.25, -0.2) is 0 Å². The first-order chi connectivity index (χ1) is 54.7. The first-order valence-corrected chi connectivity index (χ1v) is 55.6. The molecule has 46 heteroatoms. The van der Waals surface area contributed by atoms with Crippen molar-refractivity contribution in [3.05, 3.63) is 0 Å². The lowest BCUT2D eigenvalue weighted by Gasteiger charge is -2.43. The summed E-state index contributed by atoms with van der Waals surface area (Å²) in [6.07, 6.45) is -1.37. The standard InChI is InChI=1S/C17H37BO8P2.C16H38O6P2Si.C12H28O7P2.C12H28O6P2S.C12H28O6P2/c1-10-19-27(20-11-2)23-14(5)15(24-28(21-12-3)22-13-4)18-25-16(6,7)17(8,9)26-18;1-10-17-23(18-11-2)21-14-15(25(8,9)16(5,6)7)22-24(19-12-3)20-13-4;1-6-13-12(19-21(16-9-4)17-10-5)11-18-20(14-7-2)15-8-3;1-6-13-19(14-7-2)17-11-12(21-10-5)18-20(15-8-3)16-9-4;1-7-13-19(14-8-2)17-11(5)12(6)18-20(15-9-3)16-10-4/h14-15H,10-13H2,1-9H3;15H,10-14H2,1-9H3;2*12H,6-11H2,1-5H3;11-12H,7-10H2,1-6H3. The fourth-order valence-electron chi connectivity index (χ4n) is 7.36. The van der Waals surface area contributed by atoms with Crippen LogP contribution in [0.1, 0.15) is 222 Å². The molecule has 1 aliphatic heterocycles. The van der Waals surface area contributed by atoms with Gasteiger partial charge in [-0.1, -0.05) is 40.8 Å². The van der Waals surface area contributed by atoms with Gasteiger partial charge in [0.1, 0.15) is 18.0 Å². The molecular weight excluding hydrogens is 1740 g/mol. The van der Waals surface area contributed by atoms with E-state index >= 15 is 0 Å². The Morgan fingerprint density at radius 2 is 0.539 bits per heavy atom. The van der Waals surface area contributed by atoms with Gasteiger partial charge in [-0.05, 0) is 205 Å². The number of hydrogen-bond acceptors (Lipinski definition) is 34. The lowest BCUT2D eigenvalue weighted by Crippen LogP contribution is -2.52. The minimum atomic E-state index is -1.86. The van der Waals surface area contributed by atoms with Gasteiger partial charge >= 0.3 is 93.1 Å². The second-order valence-electron chi connectivity index (χ2n) is 24.7. The highest BCUT2D eigenvalue weighted by Gasteiger charge is 2.57. The molecule has 1 aliphatic rings. The van der Waals surface area contributed by atoms with Crippen LogP contribution < -0.4 is 0 Å². The molecule has 1 heterocycles. The number of ether oxygens (including phenoxy) is 1. The topological polar surface area (TPSA) is 305 Å². The molecule has 0 aliphatic carbocycles. The van der Waals surface area contributed by atoms with E-state index < -0.39 is 131 Å². The van der Waals surface area contributed by atoms with Crippen molar-refractivity contribution in [1.82, 2.24) is 0 Å². The average molecular weight is 1900 g/mol. The van der Waals surface area contributed by atoms with E-state index in [4.69, 9.17) is 150 Å². The van der Waals surface area contributed by atoms with Crippen molar-refractivity contribution < 1.29 is 150 Å². The summed E-state index contributed by atoms with van der Waals surface area (Å²) in [7, 11) is -16.4. The summed E-state index contributed by atoms with van der Waals surface area (Å²) in [4.78, 5) is 0. The van der Waals surface area contributed by atoms with Crippen molar-refractivity contribution >= 4 is 113 Å². The third-order valence-corrected chi connectivity index (χ3v) is 35.0. The largest absolute Gasteiger partial charge is 0.492 e. The fourth-order valence-corrected chi connectivity index (χ4v) is 21.0. The molecule has 0 amide bonds. The van der Waals surface area contributed by atoms with Crippen molar-refractivity contribution in [3.63, 3.8) is 0 Å². The van der Waals surface area contributed by atoms with Crippen molar-refractivity contribution in [2.45, 2.75) is 293 Å². The first kappa shape index (κ1) is 125. The second kappa shape index (κ2) is 80.9. The van der Waals surface area contributed by atoms with Crippen molar-refractivity contribution in [2.75, 3.05) is 164 Å². The Morgan fingerprint density at radius 1 is 0.296 bits per heavy atom. The average Bonchev–Trinajstić information content (AvgIpc) is 1.74. The number of hydrogen-bond donors (Lipinski definition) is 0. The Balaban J connectivity index is -0.000000674. The van der Waals surface area contributed by atoms with Crippen LogP contribution in [0.5, 0.6) is 0 Å². The Bertz CT molecular complexity index is 1950. The summed E-state index contributed by atoms with van der Waals surface area (Å²) >= 11 is 1.64. The van der Waals surface area contributed by atoms with Crippen LogP contribution >= 0.6 is 97.8 Å². The van der Waals surface area contributed by atoms with Crippen molar-refractivity contribution in [2.24, 2.45) is 0 Å². The highest BCUT2D eigenvalue weighted by Crippen LogP contribution is 2.53. The Hall–Kier alpha value is 3.61. The smallest absolute Gasteiger partial charge is 0.401 e. The molecule has 0 spiro atoms. The predicted octanol–water partition coefficient (Wildman–Crippen LogP) is 24.1. The van der Waals surface area contributed by atoms with E-state index in [2.05, 4.69) is 40.8 Å². The molecule has 0 radical (unpaired) electrons. The molecule has 33 nitrogen and oxygen atoms in total. The lowest BCUT2D eigenvalue weighted by atomic mass is 9.78. The number of thioether (sulfide) groups is 1. The molecule has 0 aromatic rings. The molecule has 0 saturated carbocycles. The van der Waals surface area contributed by atoms with Gasteiger partial charge in [0.05, 0.1) is 189 Å². The van der Waals surface area contributed by atoms with Crippen LogP contribution in [0.15, 0.2) is 0 Å². The Kier molecular flexibility index (Phi) is 87.9. The van der Waals surface area contributed by atoms with Crippen LogP contribution in [-0.2, 0) is 150 Å². The van der Waals surface area contributed by atoms with Gasteiger partial charge < -0.3 is 141 Å². The van der Waals surface area contributed by atoms with E-state index in [-0.39, 0.29) is 35.0 Å². The summed E-state index contributed by atoms with van der Waals surface area (Å²) in [6, 6.07) is -0.587. The quantitative estimate of drug-likeness (QED) is 0.0310. The summed E-state index contributed by atoms with van der Waals surface area (Å²) in [5, 5.41) is 0.139. The zero-order valence-corrected chi connectivity index (χ0v) is 87.4. The van der Waals surface area contributed by atoms with E-state index in [9.17, 15) is 0 Å². The molecule has 1 saturated heterocycles. The van der Waals surface area contributed by atoms with Gasteiger partial charge in [0.25, 0.3) is 0 Å². The van der Waals surface area contributed by atoms with Crippen LogP contribution in [0.4, 0.5) is 0 Å². The molecule has 115 heavy (non-hydrogen) atoms. The molecule has 0 aromatic heterocycles. The molecule has 1 fully saturated rings. The van der Waals surface area contributed by atoms with E-state index in [1.54, 1.807) is 11.8 Å². The Labute approximate surface area is 715 Å². The maximum Gasteiger partial charge on any atom is 0.492 e. The molecular formula is C69H159BO33P10SSi. The van der Waals surface area contributed by atoms with Gasteiger partial charge in [-0.2, -0.15) is 0 Å². The molecule has 0 aromatic carbocycles. The Morgan fingerprint density at radius 3 is 0.817 bits per heavy atom. The van der Waals surface area contributed by atoms with Crippen molar-refractivity contribution in [1.29, 1.82) is 0 Å². The monoisotopic (exact) mass is 1900 g/mol. The first-order valence-electron chi connectivity index (χ1n) is 40.5. The zero-order valence-electron chi connectivity index (χ0n) is 76.6. The molecule has 0 N–H and O–H groups in total. The fraction of sp³-hybridized carbons (Fsp3) is 1.00. The lowest BCUT2D eigenvalue weighted by molar-refractivity contribution is -0.108. The third-order valence-electron chi connectivity index (χ3n) is 14.3. The number of rotatable bonds is 71. The third kappa shape index (κ3) is 62.5. The van der Waals surface area contributed by atoms with Crippen LogP contribution in [0.2, 0.25) is 18.1 Å². The zero-order chi connectivity index (χ0) is 88.1. The highest BCUT2D eigenvalue weighted by atomic mass is 32.2. The van der Waals surface area contributed by atoms with Crippen molar-refractivity contribution in [3.8, 4) is 0 Å². The summed E-state index contributed by atoms with van der Waals surface area (Å²) in [6.45, 7) is 79.4. The van der Waals surface area contributed by atoms with Gasteiger partial charge in [-0.3, -0.25) is 9.05 Å². The summed E-state index contributed by atoms with van der Waals surface area (Å²) in [5.41, 5.74) is -1.24. The van der Waals surface area contributed by atoms with E-state index in [0.717, 1.165) is 5.75 Å². The maximum absolute atomic E-state index is 6.29. The molecule has 7 atom stereocenters. The van der Waals surface area contributed by atoms with Crippen LogP contribution in [-0.4, -0.2) is 232 Å². The summed E-state index contributed by atoms with van der Waals surface area (Å²) in [5.74, 6) is 0.913. The minimum absolute atomic E-state index is 0.0809. The van der Waals surface area contributed by atoms with E-state index in [1.807, 2.05) is 194 Å². The van der Waals surface area contributed by atoms with Crippen LogP contribution in [0, 0.1) is 0 Å². The van der Waals surface area contributed by atoms with Crippen LogP contribution in [0.3, 0.4) is 0 Å². The van der Waals surface area contributed by atoms with E-state index in [0.29, 0.717) is 152 Å². The highest BCUT2D eigenvalue weighted by molar-refractivity contribution is 7.99. The molecule has 7 unspecified atom stereocenters. The van der Waals surface area contributed by atoms with Gasteiger partial charge in [0.15, 0.2) is 6.29 Å². The van der Waals surface area contributed by atoms with Crippen LogP contribution in [0.25, 0.3) is 0 Å². The SMILES string of the molecule is CCOC(COP(OCC)OCC)OP(OCC)OCC.CCOP(OCC)OC(C)C(C)OP(OCC)OCC.CCOP(OCC)OC(C)C(OP(OCC)OCC)B1OC(C)(C)C(C)(C)O1.CCOP(OCC)OCC(OP(OCC)OCC)SCC.CCOP(OCC)OCC(OP(OCC)OCC)[Si](C)(C)C(C)(C)C. The second-order valence-corrected chi connectivity index (χ2v) is 43.6. The minimum Gasteiger partial charge on any atom is -0.401 e. The van der Waals surface area contributed by atoms with Gasteiger partial charge in [0.2, 0.25) is 0 Å². The predicted molar refractivity (Wildman–Crippen MR) is 474 cm³/mol. The summed E-state index contributed by atoms with van der Waals surface area (Å²) < 4.78 is 186. The molecule has 696 valence electrons. The maximum atomic E-state index is 6.29. The van der Waals surface area contributed by atoms with Gasteiger partial charge in [0, 0.05) is 6.61 Å². The van der Waals surface area contributed by atoms with Gasteiger partial charge in [-0.15, -0.1) is 11.8 Å².